The lowest BCUT2D eigenvalue weighted by molar-refractivity contribution is 0.0377. The van der Waals surface area contributed by atoms with Gasteiger partial charge in [0, 0.05) is 12.3 Å². The van der Waals surface area contributed by atoms with E-state index in [-0.39, 0.29) is 22.7 Å². The first-order valence-electron chi connectivity index (χ1n) is 11.7. The van der Waals surface area contributed by atoms with Crippen molar-refractivity contribution >= 4 is 5.97 Å². The third kappa shape index (κ3) is 6.45. The number of aromatic nitrogens is 2. The fourth-order valence-corrected chi connectivity index (χ4v) is 3.38. The van der Waals surface area contributed by atoms with Crippen molar-refractivity contribution in [2.24, 2.45) is 0 Å². The first kappa shape index (κ1) is 25.9. The van der Waals surface area contributed by atoms with Crippen LogP contribution in [0.4, 0.5) is 0 Å². The van der Waals surface area contributed by atoms with Gasteiger partial charge < -0.3 is 9.47 Å². The van der Waals surface area contributed by atoms with Gasteiger partial charge in [0.2, 0.25) is 5.88 Å². The predicted octanol–water partition coefficient (Wildman–Crippen LogP) is 6.97. The van der Waals surface area contributed by atoms with Crippen LogP contribution < -0.4 is 4.74 Å². The van der Waals surface area contributed by atoms with Gasteiger partial charge in [-0.1, -0.05) is 41.5 Å². The van der Waals surface area contributed by atoms with Crippen molar-refractivity contribution in [3.63, 3.8) is 0 Å². The Labute approximate surface area is 208 Å². The van der Waals surface area contributed by atoms with Crippen LogP contribution in [-0.2, 0) is 15.6 Å². The van der Waals surface area contributed by atoms with Crippen LogP contribution in [0.3, 0.4) is 0 Å². The number of ether oxygens (including phenoxy) is 2. The highest BCUT2D eigenvalue weighted by Crippen LogP contribution is 2.33. The van der Waals surface area contributed by atoms with Gasteiger partial charge in [-0.3, -0.25) is 4.98 Å². The monoisotopic (exact) mass is 471 g/mol. The Kier molecular flexibility index (Phi) is 7.30. The molecule has 2 heterocycles. The molecular formula is C29H33N3O3. The molecule has 0 aliphatic carbocycles. The van der Waals surface area contributed by atoms with Crippen molar-refractivity contribution in [3.05, 3.63) is 70.9 Å². The van der Waals surface area contributed by atoms with E-state index >= 15 is 0 Å². The number of carbonyl (C=O) groups is 1. The molecule has 3 aromatic rings. The number of benzene rings is 1. The van der Waals surface area contributed by atoms with Crippen LogP contribution >= 0.6 is 0 Å². The molecule has 6 nitrogen and oxygen atoms in total. The van der Waals surface area contributed by atoms with Crippen molar-refractivity contribution in [1.29, 1.82) is 5.26 Å². The number of esters is 1. The first-order valence-corrected chi connectivity index (χ1v) is 11.7. The molecule has 6 heteroatoms. The minimum Gasteiger partial charge on any atom is -0.459 e. The summed E-state index contributed by atoms with van der Waals surface area (Å²) in [4.78, 5) is 21.7. The van der Waals surface area contributed by atoms with Gasteiger partial charge in [-0.15, -0.1) is 0 Å². The minimum atomic E-state index is -0.477. The molecule has 35 heavy (non-hydrogen) atoms. The van der Waals surface area contributed by atoms with Gasteiger partial charge in [0.15, 0.2) is 0 Å². The maximum Gasteiger partial charge on any atom is 0.338 e. The van der Waals surface area contributed by atoms with Crippen LogP contribution in [0.2, 0.25) is 0 Å². The number of rotatable bonds is 5. The quantitative estimate of drug-likeness (QED) is 0.374. The second-order valence-electron chi connectivity index (χ2n) is 10.9. The van der Waals surface area contributed by atoms with Crippen LogP contribution in [0.5, 0.6) is 11.6 Å². The average Bonchev–Trinajstić information content (AvgIpc) is 2.77. The number of hydrogen-bond acceptors (Lipinski definition) is 6. The summed E-state index contributed by atoms with van der Waals surface area (Å²) in [5, 5.41) is 9.62. The van der Waals surface area contributed by atoms with Crippen LogP contribution in [0.15, 0.2) is 48.7 Å². The third-order valence-corrected chi connectivity index (χ3v) is 5.45. The maximum atomic E-state index is 12.4. The molecule has 0 N–H and O–H groups in total. The molecule has 0 saturated heterocycles. The Morgan fingerprint density at radius 3 is 2.17 bits per heavy atom. The fourth-order valence-electron chi connectivity index (χ4n) is 3.38. The van der Waals surface area contributed by atoms with E-state index in [0.29, 0.717) is 22.7 Å². The van der Waals surface area contributed by atoms with Gasteiger partial charge >= 0.3 is 5.97 Å². The Balaban J connectivity index is 2.10. The van der Waals surface area contributed by atoms with E-state index in [9.17, 15) is 10.1 Å². The van der Waals surface area contributed by atoms with Gasteiger partial charge in [-0.25, -0.2) is 9.78 Å². The molecule has 0 unspecified atom stereocenters. The molecular weight excluding hydrogens is 438 g/mol. The summed E-state index contributed by atoms with van der Waals surface area (Å²) in [6, 6.07) is 14.7. The lowest BCUT2D eigenvalue weighted by Crippen LogP contribution is -2.13. The molecule has 0 aliphatic rings. The van der Waals surface area contributed by atoms with Gasteiger partial charge in [0.05, 0.1) is 28.6 Å². The summed E-state index contributed by atoms with van der Waals surface area (Å²) in [6.45, 7) is 16.4. The minimum absolute atomic E-state index is 0.0363. The molecule has 2 aromatic heterocycles. The average molecular weight is 472 g/mol. The Hall–Kier alpha value is -3.72. The maximum absolute atomic E-state index is 12.4. The number of pyridine rings is 2. The van der Waals surface area contributed by atoms with Crippen molar-refractivity contribution in [2.75, 3.05) is 0 Å². The first-order chi connectivity index (χ1) is 16.3. The van der Waals surface area contributed by atoms with Crippen LogP contribution in [-0.4, -0.2) is 22.0 Å². The highest BCUT2D eigenvalue weighted by molar-refractivity contribution is 5.90. The van der Waals surface area contributed by atoms with E-state index in [4.69, 9.17) is 14.5 Å². The number of nitrogens with zero attached hydrogens (tertiary/aromatic N) is 3. The Bertz CT molecular complexity index is 1280. The molecule has 0 atom stereocenters. The highest BCUT2D eigenvalue weighted by Gasteiger charge is 2.21. The van der Waals surface area contributed by atoms with E-state index in [1.54, 1.807) is 32.2 Å². The molecule has 0 amide bonds. The summed E-state index contributed by atoms with van der Waals surface area (Å²) >= 11 is 0. The second-order valence-corrected chi connectivity index (χ2v) is 10.9. The molecule has 0 saturated carbocycles. The normalized spacial score (nSPS) is 11.8. The fraction of sp³-hybridized carbons (Fsp3) is 0.379. The zero-order valence-corrected chi connectivity index (χ0v) is 21.8. The summed E-state index contributed by atoms with van der Waals surface area (Å²) in [5.74, 6) is 0.0857. The summed E-state index contributed by atoms with van der Waals surface area (Å²) < 4.78 is 11.4. The standard InChI is InChI=1S/C29H33N3O3/c1-18(2)34-27(33)19-9-10-20(17-30)25(13-19)35-26-16-22(29(6,7)8)15-24(32-26)23-14-21(11-12-31-23)28(3,4)5/h9-16,18H,1-8H3. The van der Waals surface area contributed by atoms with Gasteiger partial charge in [-0.05, 0) is 72.2 Å². The largest absolute Gasteiger partial charge is 0.459 e. The Morgan fingerprint density at radius 2 is 1.57 bits per heavy atom. The number of hydrogen-bond donors (Lipinski definition) is 0. The summed E-state index contributed by atoms with van der Waals surface area (Å²) in [6.07, 6.45) is 1.53. The number of carbonyl (C=O) groups excluding carboxylic acids is 1. The smallest absolute Gasteiger partial charge is 0.338 e. The van der Waals surface area contributed by atoms with Crippen molar-refractivity contribution in [2.45, 2.75) is 72.3 Å². The van der Waals surface area contributed by atoms with Crippen molar-refractivity contribution < 1.29 is 14.3 Å². The van der Waals surface area contributed by atoms with E-state index in [2.05, 4.69) is 52.6 Å². The molecule has 0 spiro atoms. The van der Waals surface area contributed by atoms with Gasteiger partial charge in [0.1, 0.15) is 11.8 Å². The van der Waals surface area contributed by atoms with E-state index < -0.39 is 5.97 Å². The Morgan fingerprint density at radius 1 is 0.914 bits per heavy atom. The molecule has 1 aromatic carbocycles. The topological polar surface area (TPSA) is 85.1 Å². The van der Waals surface area contributed by atoms with Crippen molar-refractivity contribution in [3.8, 4) is 29.1 Å². The predicted molar refractivity (Wildman–Crippen MR) is 137 cm³/mol. The zero-order chi connectivity index (χ0) is 26.0. The zero-order valence-electron chi connectivity index (χ0n) is 21.8. The van der Waals surface area contributed by atoms with Crippen LogP contribution in [0, 0.1) is 11.3 Å². The molecule has 182 valence electrons. The van der Waals surface area contributed by atoms with Crippen molar-refractivity contribution in [1.82, 2.24) is 9.97 Å². The lowest BCUT2D eigenvalue weighted by Gasteiger charge is -2.22. The SMILES string of the molecule is CC(C)OC(=O)c1ccc(C#N)c(Oc2cc(C(C)(C)C)cc(-c3cc(C(C)(C)C)ccn3)n2)c1. The van der Waals surface area contributed by atoms with Gasteiger partial charge in [0.25, 0.3) is 0 Å². The van der Waals surface area contributed by atoms with Crippen LogP contribution in [0.1, 0.15) is 82.4 Å². The molecule has 0 fully saturated rings. The lowest BCUT2D eigenvalue weighted by atomic mass is 9.86. The summed E-state index contributed by atoms with van der Waals surface area (Å²) in [7, 11) is 0. The molecule has 0 aliphatic heterocycles. The van der Waals surface area contributed by atoms with Gasteiger partial charge in [-0.2, -0.15) is 5.26 Å². The van der Waals surface area contributed by atoms with E-state index in [1.165, 1.54) is 6.07 Å². The van der Waals surface area contributed by atoms with E-state index in [0.717, 1.165) is 16.8 Å². The van der Waals surface area contributed by atoms with E-state index in [1.807, 2.05) is 24.3 Å². The highest BCUT2D eigenvalue weighted by atomic mass is 16.5. The third-order valence-electron chi connectivity index (χ3n) is 5.45. The number of nitriles is 1. The second kappa shape index (κ2) is 9.87. The molecule has 0 radical (unpaired) electrons. The molecule has 3 rings (SSSR count). The summed E-state index contributed by atoms with van der Waals surface area (Å²) in [5.41, 5.74) is 3.95. The molecule has 0 bridgehead atoms. The van der Waals surface area contributed by atoms with Crippen LogP contribution in [0.25, 0.3) is 11.4 Å².